The maximum Gasteiger partial charge on any atom is 0.406 e. The Hall–Kier alpha value is -6.77. The van der Waals surface area contributed by atoms with Gasteiger partial charge in [-0.1, -0.05) is 29.3 Å². The molecule has 72 heavy (non-hydrogen) atoms. The third kappa shape index (κ3) is 12.6. The Morgan fingerprint density at radius 3 is 2.36 bits per heavy atom. The van der Waals surface area contributed by atoms with Crippen LogP contribution in [0.1, 0.15) is 67.7 Å². The van der Waals surface area contributed by atoms with Gasteiger partial charge in [0.1, 0.15) is 30.0 Å². The standard InChI is InChI=1S/C55H61F4N7O6/c1-36-54(37(2)72-62-36)39-12-21-52(67)65(32-39)31-38-7-4-9-46(29-38)69-34-53(68)64-27-22-45(23-28-64)71-44-19-17-43(18-20-44)70-42-15-13-40(14-16-42)60-25-6-8-41-30-47-49(61-50-24-26-63(3)33-48(50)56)10-5-11-51(47)66(41)35-55(57,58)59/h4-5,7,9-16,21,29-30,32,43-45,48,50,60-61H,17-20,22-28,31,33-35H2,1-3H3/t43?,44?,48-,50+/m0/s1. The Balaban J connectivity index is 0.688. The van der Waals surface area contributed by atoms with Gasteiger partial charge in [-0.05, 0) is 138 Å². The van der Waals surface area contributed by atoms with Crippen molar-refractivity contribution >= 4 is 28.2 Å². The molecule has 13 nitrogen and oxygen atoms in total. The predicted octanol–water partition coefficient (Wildman–Crippen LogP) is 9.38. The number of amides is 1. The van der Waals surface area contributed by atoms with Crippen molar-refractivity contribution in [1.29, 1.82) is 0 Å². The number of benzene rings is 3. The minimum absolute atomic E-state index is 0.0600. The molecule has 3 aliphatic rings. The second-order valence-electron chi connectivity index (χ2n) is 19.2. The summed E-state index contributed by atoms with van der Waals surface area (Å²) in [6, 6.07) is 24.6. The van der Waals surface area contributed by atoms with Crippen molar-refractivity contribution in [2.24, 2.45) is 0 Å². The van der Waals surface area contributed by atoms with Gasteiger partial charge < -0.3 is 48.3 Å². The number of piperidine rings is 2. The van der Waals surface area contributed by atoms with E-state index < -0.39 is 24.9 Å². The Kier molecular flexibility index (Phi) is 15.6. The molecule has 0 bridgehead atoms. The topological polar surface area (TPSA) is 128 Å². The number of anilines is 2. The Morgan fingerprint density at radius 1 is 0.875 bits per heavy atom. The number of pyridine rings is 1. The van der Waals surface area contributed by atoms with Crippen LogP contribution in [0.5, 0.6) is 11.5 Å². The van der Waals surface area contributed by atoms with Crippen molar-refractivity contribution in [3.8, 4) is 34.5 Å². The Bertz CT molecular complexity index is 2920. The third-order valence-corrected chi connectivity index (χ3v) is 13.8. The maximum atomic E-state index is 14.9. The van der Waals surface area contributed by atoms with Crippen LogP contribution in [0.4, 0.5) is 28.9 Å². The van der Waals surface area contributed by atoms with E-state index in [-0.39, 0.29) is 48.6 Å². The second-order valence-corrected chi connectivity index (χ2v) is 19.2. The van der Waals surface area contributed by atoms with Gasteiger partial charge in [-0.3, -0.25) is 9.59 Å². The minimum Gasteiger partial charge on any atom is -0.490 e. The van der Waals surface area contributed by atoms with E-state index in [1.165, 1.54) is 10.6 Å². The number of nitrogens with zero attached hydrogens (tertiary/aromatic N) is 5. The monoisotopic (exact) mass is 991 g/mol. The predicted molar refractivity (Wildman–Crippen MR) is 268 cm³/mol. The van der Waals surface area contributed by atoms with Crippen LogP contribution < -0.4 is 25.7 Å². The summed E-state index contributed by atoms with van der Waals surface area (Å²) in [6.07, 6.45) is 2.11. The molecule has 3 aromatic carbocycles. The highest BCUT2D eigenvalue weighted by atomic mass is 19.4. The van der Waals surface area contributed by atoms with E-state index >= 15 is 0 Å². The van der Waals surface area contributed by atoms with Crippen LogP contribution in [0.25, 0.3) is 22.0 Å². The first-order valence-electron chi connectivity index (χ1n) is 24.8. The molecular formula is C55H61F4N7O6. The van der Waals surface area contributed by atoms with Gasteiger partial charge in [-0.2, -0.15) is 13.2 Å². The number of hydrogen-bond donors (Lipinski definition) is 2. The average molecular weight is 992 g/mol. The molecule has 2 N–H and O–H groups in total. The van der Waals surface area contributed by atoms with Crippen molar-refractivity contribution < 1.29 is 41.1 Å². The molecule has 2 atom stereocenters. The van der Waals surface area contributed by atoms with E-state index in [4.69, 9.17) is 18.7 Å². The molecule has 6 aromatic rings. The van der Waals surface area contributed by atoms with Gasteiger partial charge >= 0.3 is 6.18 Å². The number of likely N-dealkylation sites (tertiary alicyclic amines) is 2. The number of aromatic nitrogens is 3. The van der Waals surface area contributed by atoms with Gasteiger partial charge in [0, 0.05) is 66.3 Å². The summed E-state index contributed by atoms with van der Waals surface area (Å²) < 4.78 is 83.1. The fraction of sp³-hybridized carbons (Fsp3) is 0.436. The summed E-state index contributed by atoms with van der Waals surface area (Å²) in [5, 5.41) is 11.1. The van der Waals surface area contributed by atoms with E-state index in [2.05, 4.69) is 27.6 Å². The number of rotatable bonds is 15. The van der Waals surface area contributed by atoms with Crippen LogP contribution in [-0.4, -0.2) is 113 Å². The molecule has 5 heterocycles. The number of ether oxygens (including phenoxy) is 3. The van der Waals surface area contributed by atoms with Crippen molar-refractivity contribution in [2.45, 2.75) is 109 Å². The van der Waals surface area contributed by atoms with Gasteiger partial charge in [-0.25, -0.2) is 4.39 Å². The number of fused-ring (bicyclic) bond motifs is 1. The fourth-order valence-electron chi connectivity index (χ4n) is 10.1. The summed E-state index contributed by atoms with van der Waals surface area (Å²) >= 11 is 0. The van der Waals surface area contributed by atoms with Gasteiger partial charge in [0.2, 0.25) is 0 Å². The molecule has 17 heteroatoms. The zero-order valence-electron chi connectivity index (χ0n) is 40.9. The number of hydrogen-bond acceptors (Lipinski definition) is 10. The highest BCUT2D eigenvalue weighted by molar-refractivity contribution is 5.94. The number of nitrogens with one attached hydrogen (secondary N) is 2. The molecule has 3 fully saturated rings. The minimum atomic E-state index is -4.46. The van der Waals surface area contributed by atoms with E-state index in [1.807, 2.05) is 79.2 Å². The first kappa shape index (κ1) is 50.2. The lowest BCUT2D eigenvalue weighted by molar-refractivity contribution is -0.140. The van der Waals surface area contributed by atoms with Crippen LogP contribution in [0.3, 0.4) is 0 Å². The molecule has 1 amide bonds. The van der Waals surface area contributed by atoms with Crippen LogP contribution >= 0.6 is 0 Å². The van der Waals surface area contributed by atoms with E-state index in [0.29, 0.717) is 60.7 Å². The number of carbonyl (C=O) groups is 1. The Labute approximate surface area is 416 Å². The fourth-order valence-corrected chi connectivity index (χ4v) is 10.1. The van der Waals surface area contributed by atoms with Gasteiger partial charge in [-0.15, -0.1) is 0 Å². The summed E-state index contributed by atoms with van der Waals surface area (Å²) in [4.78, 5) is 29.7. The molecule has 380 valence electrons. The molecule has 0 spiro atoms. The first-order valence-corrected chi connectivity index (χ1v) is 24.8. The SMILES string of the molecule is Cc1noc(C)c1-c1ccc(=O)n(Cc2cccc(OCC(=O)N3CCC(OC4CCC(Oc5ccc(NCC#Cc6cc7c(N[C@@H]8CCN(C)C[C@@H]8F)cccc7n6CC(F)(F)F)cc5)CC4)CC3)c2)c1. The first-order chi connectivity index (χ1) is 34.7. The van der Waals surface area contributed by atoms with E-state index in [9.17, 15) is 27.2 Å². The second kappa shape index (κ2) is 22.3. The third-order valence-electron chi connectivity index (χ3n) is 13.8. The van der Waals surface area contributed by atoms with Crippen molar-refractivity contribution in [3.05, 3.63) is 124 Å². The quantitative estimate of drug-likeness (QED) is 0.0759. The number of aryl methyl sites for hydroxylation is 2. The van der Waals surface area contributed by atoms with Crippen molar-refractivity contribution in [1.82, 2.24) is 24.1 Å². The van der Waals surface area contributed by atoms with E-state index in [0.717, 1.165) is 78.9 Å². The van der Waals surface area contributed by atoms with Crippen LogP contribution in [0, 0.1) is 25.7 Å². The molecule has 9 rings (SSSR count). The number of carbonyl (C=O) groups excluding carboxylic acids is 1. The van der Waals surface area contributed by atoms with Crippen LogP contribution in [-0.2, 0) is 22.6 Å². The summed E-state index contributed by atoms with van der Waals surface area (Å²) in [5.74, 6) is 7.84. The summed E-state index contributed by atoms with van der Waals surface area (Å²) in [5.41, 5.74) is 5.21. The lowest BCUT2D eigenvalue weighted by atomic mass is 9.94. The Morgan fingerprint density at radius 2 is 1.62 bits per heavy atom. The van der Waals surface area contributed by atoms with Crippen LogP contribution in [0.15, 0.2) is 100 Å². The molecule has 0 unspecified atom stereocenters. The zero-order valence-corrected chi connectivity index (χ0v) is 40.9. The lowest BCUT2D eigenvalue weighted by Gasteiger charge is -2.36. The number of alkyl halides is 4. The normalized spacial score (nSPS) is 20.0. The largest absolute Gasteiger partial charge is 0.490 e. The maximum absolute atomic E-state index is 14.9. The van der Waals surface area contributed by atoms with Crippen molar-refractivity contribution in [3.63, 3.8) is 0 Å². The summed E-state index contributed by atoms with van der Waals surface area (Å²) in [6.45, 7) is 5.21. The molecule has 2 aliphatic heterocycles. The number of halogens is 4. The molecule has 0 radical (unpaired) electrons. The van der Waals surface area contributed by atoms with E-state index in [1.54, 1.807) is 41.1 Å². The van der Waals surface area contributed by atoms with Gasteiger partial charge in [0.15, 0.2) is 6.61 Å². The highest BCUT2D eigenvalue weighted by Gasteiger charge is 2.32. The van der Waals surface area contributed by atoms with Crippen molar-refractivity contribution in [2.75, 3.05) is 57.0 Å². The van der Waals surface area contributed by atoms with Crippen LogP contribution in [0.2, 0.25) is 0 Å². The molecule has 1 saturated carbocycles. The summed E-state index contributed by atoms with van der Waals surface area (Å²) in [7, 11) is 1.87. The highest BCUT2D eigenvalue weighted by Crippen LogP contribution is 2.33. The lowest BCUT2D eigenvalue weighted by Crippen LogP contribution is -2.46. The molecule has 1 aliphatic carbocycles. The molecular weight excluding hydrogens is 931 g/mol. The zero-order chi connectivity index (χ0) is 50.4. The average Bonchev–Trinajstić information content (AvgIpc) is 3.89. The molecule has 2 saturated heterocycles. The van der Waals surface area contributed by atoms with Gasteiger partial charge in [0.05, 0.1) is 54.3 Å². The van der Waals surface area contributed by atoms with Gasteiger partial charge in [0.25, 0.3) is 11.5 Å². The smallest absolute Gasteiger partial charge is 0.406 e. The molecule has 3 aromatic heterocycles.